The average molecular weight is 431 g/mol. The molecule has 0 saturated carbocycles. The Morgan fingerprint density at radius 3 is 2.37 bits per heavy atom. The first-order valence-electron chi connectivity index (χ1n) is 10.3. The first kappa shape index (κ1) is 22.2. The number of nitrogens with one attached hydrogen (secondary N) is 1. The molecule has 30 heavy (non-hydrogen) atoms. The Balaban J connectivity index is 1.75. The number of rotatable bonds is 8. The first-order chi connectivity index (χ1) is 14.3. The van der Waals surface area contributed by atoms with Gasteiger partial charge in [0.25, 0.3) is 0 Å². The van der Waals surface area contributed by atoms with E-state index >= 15 is 0 Å². The lowest BCUT2D eigenvalue weighted by Crippen LogP contribution is -2.41. The maximum absolute atomic E-state index is 12.8. The van der Waals surface area contributed by atoms with E-state index in [1.54, 1.807) is 31.4 Å². The van der Waals surface area contributed by atoms with Crippen LogP contribution in [0.5, 0.6) is 5.75 Å². The van der Waals surface area contributed by atoms with Crippen LogP contribution in [0.2, 0.25) is 0 Å². The Hall–Kier alpha value is -2.54. The fourth-order valence-electron chi connectivity index (χ4n) is 3.91. The number of ether oxygens (including phenoxy) is 1. The van der Waals surface area contributed by atoms with Crippen molar-refractivity contribution in [2.45, 2.75) is 45.1 Å². The van der Waals surface area contributed by atoms with Crippen LogP contribution in [0.15, 0.2) is 42.5 Å². The van der Waals surface area contributed by atoms with Crippen LogP contribution in [0.4, 0.5) is 5.69 Å². The molecule has 1 aliphatic carbocycles. The molecule has 1 aliphatic rings. The Bertz CT molecular complexity index is 987. The fraction of sp³-hybridized carbons (Fsp3) is 0.435. The molecule has 0 aromatic heterocycles. The summed E-state index contributed by atoms with van der Waals surface area (Å²) in [4.78, 5) is 12.8. The number of hydrogen-bond donors (Lipinski definition) is 1. The molecule has 1 amide bonds. The summed E-state index contributed by atoms with van der Waals surface area (Å²) >= 11 is 0. The summed E-state index contributed by atoms with van der Waals surface area (Å²) in [6, 6.07) is 12.9. The van der Waals surface area contributed by atoms with Crippen molar-refractivity contribution in [3.63, 3.8) is 0 Å². The third kappa shape index (κ3) is 5.33. The minimum absolute atomic E-state index is 0.151. The molecular formula is C23H30N2O4S. The highest BCUT2D eigenvalue weighted by atomic mass is 32.2. The third-order valence-electron chi connectivity index (χ3n) is 5.57. The van der Waals surface area contributed by atoms with E-state index in [9.17, 15) is 13.2 Å². The molecule has 2 aromatic carbocycles. The smallest absolute Gasteiger partial charge is 0.241 e. The molecule has 2 aromatic rings. The van der Waals surface area contributed by atoms with Gasteiger partial charge in [0.2, 0.25) is 15.9 Å². The summed E-state index contributed by atoms with van der Waals surface area (Å²) in [7, 11) is -2.08. The largest absolute Gasteiger partial charge is 0.497 e. The number of benzene rings is 2. The summed E-state index contributed by atoms with van der Waals surface area (Å²) in [5.41, 5.74) is 4.26. The second-order valence-electron chi connectivity index (χ2n) is 7.73. The normalized spacial score (nSPS) is 14.5. The van der Waals surface area contributed by atoms with Crippen molar-refractivity contribution < 1.29 is 17.9 Å². The highest BCUT2D eigenvalue weighted by Crippen LogP contribution is 2.26. The van der Waals surface area contributed by atoms with Gasteiger partial charge in [-0.05, 0) is 73.1 Å². The van der Waals surface area contributed by atoms with E-state index in [0.717, 1.165) is 35.4 Å². The molecule has 162 valence electrons. The first-order valence-corrected chi connectivity index (χ1v) is 12.2. The second-order valence-corrected chi connectivity index (χ2v) is 9.64. The van der Waals surface area contributed by atoms with Crippen molar-refractivity contribution in [3.05, 3.63) is 59.2 Å². The number of sulfonamides is 1. The number of fused-ring (bicyclic) bond motifs is 1. The van der Waals surface area contributed by atoms with Crippen molar-refractivity contribution in [3.8, 4) is 5.75 Å². The quantitative estimate of drug-likeness (QED) is 0.694. The lowest BCUT2D eigenvalue weighted by atomic mass is 9.89. The Labute approximate surface area is 179 Å². The van der Waals surface area contributed by atoms with E-state index in [4.69, 9.17) is 4.74 Å². The number of aryl methyl sites for hydroxylation is 2. The summed E-state index contributed by atoms with van der Waals surface area (Å²) in [5.74, 6) is 0.288. The van der Waals surface area contributed by atoms with Crippen LogP contribution in [0.25, 0.3) is 0 Å². The number of anilines is 1. The highest BCUT2D eigenvalue weighted by Gasteiger charge is 2.23. The molecule has 0 aliphatic heterocycles. The van der Waals surface area contributed by atoms with E-state index in [1.165, 1.54) is 24.0 Å². The summed E-state index contributed by atoms with van der Waals surface area (Å²) in [6.07, 6.45) is 6.45. The lowest BCUT2D eigenvalue weighted by Gasteiger charge is -2.25. The van der Waals surface area contributed by atoms with E-state index in [0.29, 0.717) is 11.4 Å². The standard InChI is InChI=1S/C23H30N2O4S/c1-4-22(19-10-9-17-7-5-6-8-18(17)15-19)24-23(26)16-25(30(3,27)28)20-11-13-21(29-2)14-12-20/h9-15,22H,4-8,16H2,1-3H3,(H,24,26). The van der Waals surface area contributed by atoms with Crippen LogP contribution in [-0.4, -0.2) is 34.2 Å². The molecule has 0 fully saturated rings. The van der Waals surface area contributed by atoms with Crippen molar-refractivity contribution in [2.24, 2.45) is 0 Å². The number of carbonyl (C=O) groups excluding carboxylic acids is 1. The van der Waals surface area contributed by atoms with Gasteiger partial charge < -0.3 is 10.1 Å². The van der Waals surface area contributed by atoms with Crippen LogP contribution in [0.3, 0.4) is 0 Å². The molecule has 7 heteroatoms. The summed E-state index contributed by atoms with van der Waals surface area (Å²) in [5, 5.41) is 3.01. The van der Waals surface area contributed by atoms with Gasteiger partial charge in [-0.2, -0.15) is 0 Å². The monoisotopic (exact) mass is 430 g/mol. The molecule has 0 bridgehead atoms. The molecule has 1 N–H and O–H groups in total. The van der Waals surface area contributed by atoms with Gasteiger partial charge in [-0.25, -0.2) is 8.42 Å². The van der Waals surface area contributed by atoms with Gasteiger partial charge in [0.05, 0.1) is 25.1 Å². The van der Waals surface area contributed by atoms with Crippen LogP contribution in [0.1, 0.15) is 48.9 Å². The number of amides is 1. The van der Waals surface area contributed by atoms with Crippen molar-refractivity contribution in [1.29, 1.82) is 0 Å². The molecule has 0 spiro atoms. The minimum atomic E-state index is -3.62. The molecule has 6 nitrogen and oxygen atoms in total. The second kappa shape index (κ2) is 9.51. The Kier molecular flexibility index (Phi) is 7.02. The van der Waals surface area contributed by atoms with Gasteiger partial charge in [0.1, 0.15) is 12.3 Å². The molecule has 0 saturated heterocycles. The molecule has 1 unspecified atom stereocenters. The summed E-state index contributed by atoms with van der Waals surface area (Å²) < 4.78 is 30.9. The third-order valence-corrected chi connectivity index (χ3v) is 6.71. The van der Waals surface area contributed by atoms with E-state index in [1.807, 2.05) is 6.92 Å². The predicted octanol–water partition coefficient (Wildman–Crippen LogP) is 3.61. The number of carbonyl (C=O) groups is 1. The average Bonchev–Trinajstić information content (AvgIpc) is 2.75. The van der Waals surface area contributed by atoms with Crippen LogP contribution >= 0.6 is 0 Å². The minimum Gasteiger partial charge on any atom is -0.497 e. The predicted molar refractivity (Wildman–Crippen MR) is 119 cm³/mol. The van der Waals surface area contributed by atoms with Gasteiger partial charge >= 0.3 is 0 Å². The van der Waals surface area contributed by atoms with Gasteiger partial charge in [-0.15, -0.1) is 0 Å². The van der Waals surface area contributed by atoms with Crippen LogP contribution in [0, 0.1) is 0 Å². The van der Waals surface area contributed by atoms with Gasteiger partial charge in [-0.1, -0.05) is 25.1 Å². The Morgan fingerprint density at radius 2 is 1.77 bits per heavy atom. The van der Waals surface area contributed by atoms with Crippen LogP contribution < -0.4 is 14.4 Å². The maximum atomic E-state index is 12.8. The molecule has 0 heterocycles. The fourth-order valence-corrected chi connectivity index (χ4v) is 4.77. The summed E-state index contributed by atoms with van der Waals surface area (Å²) in [6.45, 7) is 1.74. The number of hydrogen-bond acceptors (Lipinski definition) is 4. The zero-order chi connectivity index (χ0) is 21.7. The SMILES string of the molecule is CCC(NC(=O)CN(c1ccc(OC)cc1)S(C)(=O)=O)c1ccc2c(c1)CCCC2. The zero-order valence-electron chi connectivity index (χ0n) is 17.8. The Morgan fingerprint density at radius 1 is 1.10 bits per heavy atom. The van der Waals surface area contributed by atoms with E-state index < -0.39 is 10.0 Å². The molecule has 1 atom stereocenters. The molecule has 3 rings (SSSR count). The van der Waals surface area contributed by atoms with Crippen molar-refractivity contribution >= 4 is 21.6 Å². The van der Waals surface area contributed by atoms with E-state index in [-0.39, 0.29) is 18.5 Å². The lowest BCUT2D eigenvalue weighted by molar-refractivity contribution is -0.120. The van der Waals surface area contributed by atoms with E-state index in [2.05, 4.69) is 23.5 Å². The molecule has 0 radical (unpaired) electrons. The molecular weight excluding hydrogens is 400 g/mol. The maximum Gasteiger partial charge on any atom is 0.241 e. The van der Waals surface area contributed by atoms with Crippen molar-refractivity contribution in [2.75, 3.05) is 24.2 Å². The zero-order valence-corrected chi connectivity index (χ0v) is 18.7. The van der Waals surface area contributed by atoms with Crippen molar-refractivity contribution in [1.82, 2.24) is 5.32 Å². The van der Waals surface area contributed by atoms with Gasteiger partial charge in [-0.3, -0.25) is 9.10 Å². The number of nitrogens with zero attached hydrogens (tertiary/aromatic N) is 1. The highest BCUT2D eigenvalue weighted by molar-refractivity contribution is 7.92. The topological polar surface area (TPSA) is 75.7 Å². The van der Waals surface area contributed by atoms with Gasteiger partial charge in [0.15, 0.2) is 0 Å². The number of methoxy groups -OCH3 is 1. The van der Waals surface area contributed by atoms with Crippen LogP contribution in [-0.2, 0) is 27.7 Å². The van der Waals surface area contributed by atoms with Gasteiger partial charge in [0, 0.05) is 0 Å².